The average Bonchev–Trinajstić information content (AvgIpc) is 2.98. The summed E-state index contributed by atoms with van der Waals surface area (Å²) in [6, 6.07) is 0. The smallest absolute Gasteiger partial charge is 0.452 e. The van der Waals surface area contributed by atoms with Crippen LogP contribution in [0.5, 0.6) is 0 Å². The first-order valence-corrected chi connectivity index (χ1v) is 4.83. The first-order chi connectivity index (χ1) is 7.84. The Kier molecular flexibility index (Phi) is 10.4. The van der Waals surface area contributed by atoms with Crippen molar-refractivity contribution >= 4 is 5.97 Å². The molecule has 2 saturated carbocycles. The standard InChI is InChI=1S/C9H7O2.C5H5.Fe/c1-2-7-11-9(10)8-5-3-4-6-8;1-2-4-5-3-1;/h1,3-6H,7H2;1-5H;/q;;+2. The van der Waals surface area contributed by atoms with E-state index >= 15 is 0 Å². The predicted molar refractivity (Wildman–Crippen MR) is 61.7 cm³/mol. The van der Waals surface area contributed by atoms with Crippen LogP contribution in [0.1, 0.15) is 0 Å². The monoisotopic (exact) mass is 268 g/mol. The van der Waals surface area contributed by atoms with Gasteiger partial charge >= 0.3 is 23.0 Å². The van der Waals surface area contributed by atoms with Gasteiger partial charge < -0.3 is 4.74 Å². The van der Waals surface area contributed by atoms with E-state index in [1.807, 2.05) is 32.1 Å². The summed E-state index contributed by atoms with van der Waals surface area (Å²) in [6.45, 7) is 0.0318. The van der Waals surface area contributed by atoms with E-state index in [0.717, 1.165) is 0 Å². The van der Waals surface area contributed by atoms with Gasteiger partial charge in [0, 0.05) is 0 Å². The van der Waals surface area contributed by atoms with Crippen molar-refractivity contribution in [2.45, 2.75) is 0 Å². The normalized spacial score (nSPS) is 18.5. The predicted octanol–water partition coefficient (Wildman–Crippen LogP) is 1.59. The van der Waals surface area contributed by atoms with Crippen LogP contribution in [0.15, 0.2) is 0 Å². The van der Waals surface area contributed by atoms with Crippen LogP contribution in [-0.2, 0) is 26.6 Å². The summed E-state index contributed by atoms with van der Waals surface area (Å²) >= 11 is 0. The summed E-state index contributed by atoms with van der Waals surface area (Å²) in [5.41, 5.74) is 0. The topological polar surface area (TPSA) is 26.3 Å². The Morgan fingerprint density at radius 1 is 1.06 bits per heavy atom. The summed E-state index contributed by atoms with van der Waals surface area (Å²) in [7, 11) is 0. The van der Waals surface area contributed by atoms with Crippen LogP contribution >= 0.6 is 0 Å². The molecule has 0 bridgehead atoms. The van der Waals surface area contributed by atoms with E-state index in [9.17, 15) is 4.79 Å². The van der Waals surface area contributed by atoms with Gasteiger partial charge in [-0.2, -0.15) is 0 Å². The third-order valence-corrected chi connectivity index (χ3v) is 1.74. The molecule has 0 aromatic carbocycles. The molecule has 0 aromatic rings. The van der Waals surface area contributed by atoms with Crippen molar-refractivity contribution in [2.75, 3.05) is 6.61 Å². The summed E-state index contributed by atoms with van der Waals surface area (Å²) in [5.74, 6) is 2.39. The van der Waals surface area contributed by atoms with Gasteiger partial charge in [-0.25, -0.2) is 0 Å². The van der Waals surface area contributed by atoms with Crippen LogP contribution in [0.2, 0.25) is 0 Å². The first kappa shape index (κ1) is 16.5. The fraction of sp³-hybridized carbons (Fsp3) is 0.0714. The van der Waals surface area contributed by atoms with E-state index in [1.54, 1.807) is 25.7 Å². The maximum absolute atomic E-state index is 10.9. The Morgan fingerprint density at radius 3 is 1.94 bits per heavy atom. The molecule has 2 fully saturated rings. The zero-order valence-corrected chi connectivity index (χ0v) is 10.3. The van der Waals surface area contributed by atoms with E-state index in [2.05, 4.69) is 10.7 Å². The molecule has 17 heavy (non-hydrogen) atoms. The van der Waals surface area contributed by atoms with Crippen LogP contribution < -0.4 is 0 Å². The maximum atomic E-state index is 10.9. The Balaban J connectivity index is 0.000000360. The molecule has 86 valence electrons. The van der Waals surface area contributed by atoms with Crippen LogP contribution in [0, 0.1) is 76.0 Å². The molecular weight excluding hydrogens is 256 g/mol. The molecule has 0 saturated heterocycles. The molecule has 3 heteroatoms. The number of rotatable bonds is 2. The van der Waals surface area contributed by atoms with Gasteiger partial charge in [-0.3, -0.25) is 4.79 Å². The molecular formula is C14H12FeO2+2. The molecule has 0 unspecified atom stereocenters. The molecule has 2 rings (SSSR count). The Bertz CT molecular complexity index is 227. The fourth-order valence-corrected chi connectivity index (χ4v) is 1.02. The number of ether oxygens (including phenoxy) is 1. The third kappa shape index (κ3) is 7.47. The van der Waals surface area contributed by atoms with Gasteiger partial charge in [-0.05, 0) is 57.8 Å². The SMILES string of the molecule is C#CCOC(=O)[C]1[CH][CH][CH][CH]1.[CH]1[CH][CH][CH][CH]1.[Fe+2]. The Morgan fingerprint density at radius 2 is 1.53 bits per heavy atom. The summed E-state index contributed by atoms with van der Waals surface area (Å²) < 4.78 is 4.66. The van der Waals surface area contributed by atoms with E-state index in [1.165, 1.54) is 0 Å². The quantitative estimate of drug-likeness (QED) is 0.432. The summed E-state index contributed by atoms with van der Waals surface area (Å²) in [6.07, 6.45) is 21.8. The van der Waals surface area contributed by atoms with Gasteiger partial charge in [0.15, 0.2) is 6.61 Å². The van der Waals surface area contributed by atoms with Crippen molar-refractivity contribution < 1.29 is 26.6 Å². The number of terminal acetylenes is 1. The van der Waals surface area contributed by atoms with Crippen molar-refractivity contribution in [1.82, 2.24) is 0 Å². The molecule has 2 aliphatic rings. The van der Waals surface area contributed by atoms with Gasteiger partial charge in [-0.1, -0.05) is 5.92 Å². The Hall–Kier alpha value is -0.451. The van der Waals surface area contributed by atoms with Crippen molar-refractivity contribution in [1.29, 1.82) is 0 Å². The van der Waals surface area contributed by atoms with E-state index in [-0.39, 0.29) is 29.6 Å². The van der Waals surface area contributed by atoms with Gasteiger partial charge in [-0.15, -0.1) is 6.42 Å². The minimum atomic E-state index is -0.368. The molecule has 0 aromatic heterocycles. The number of carbonyl (C=O) groups excluding carboxylic acids is 1. The average molecular weight is 268 g/mol. The second-order valence-corrected chi connectivity index (χ2v) is 2.92. The Labute approximate surface area is 115 Å². The minimum Gasteiger partial charge on any atom is -0.452 e. The van der Waals surface area contributed by atoms with Crippen LogP contribution in [-0.4, -0.2) is 12.6 Å². The molecule has 0 heterocycles. The van der Waals surface area contributed by atoms with Gasteiger partial charge in [0.05, 0.1) is 5.92 Å². The summed E-state index contributed by atoms with van der Waals surface area (Å²) in [4.78, 5) is 10.9. The molecule has 0 amide bonds. The number of carbonyl (C=O) groups is 1. The minimum absolute atomic E-state index is 0. The van der Waals surface area contributed by atoms with Gasteiger partial charge in [0.25, 0.3) is 0 Å². The molecule has 2 nitrogen and oxygen atoms in total. The fourth-order valence-electron chi connectivity index (χ4n) is 1.02. The second kappa shape index (κ2) is 10.7. The molecule has 0 aliphatic heterocycles. The first-order valence-electron chi connectivity index (χ1n) is 4.83. The number of hydrogen-bond donors (Lipinski definition) is 0. The molecule has 0 atom stereocenters. The number of esters is 1. The molecule has 0 spiro atoms. The van der Waals surface area contributed by atoms with Crippen molar-refractivity contribution in [3.63, 3.8) is 0 Å². The van der Waals surface area contributed by atoms with Gasteiger partial charge in [0.1, 0.15) is 0 Å². The largest absolute Gasteiger partial charge is 2.00 e. The van der Waals surface area contributed by atoms with Crippen LogP contribution in [0.4, 0.5) is 0 Å². The van der Waals surface area contributed by atoms with Crippen LogP contribution in [0.25, 0.3) is 0 Å². The van der Waals surface area contributed by atoms with Crippen molar-refractivity contribution in [2.24, 2.45) is 0 Å². The molecule has 2 aliphatic carbocycles. The molecule has 0 N–H and O–H groups in total. The van der Waals surface area contributed by atoms with E-state index in [0.29, 0.717) is 5.92 Å². The van der Waals surface area contributed by atoms with Crippen LogP contribution in [0.3, 0.4) is 0 Å². The summed E-state index contributed by atoms with van der Waals surface area (Å²) in [5, 5.41) is 0. The number of hydrogen-bond acceptors (Lipinski definition) is 2. The van der Waals surface area contributed by atoms with E-state index in [4.69, 9.17) is 6.42 Å². The molecule has 10 radical (unpaired) electrons. The third-order valence-electron chi connectivity index (χ3n) is 1.74. The van der Waals surface area contributed by atoms with E-state index < -0.39 is 0 Å². The van der Waals surface area contributed by atoms with Crippen molar-refractivity contribution in [3.8, 4) is 12.3 Å². The second-order valence-electron chi connectivity index (χ2n) is 2.92. The van der Waals surface area contributed by atoms with Gasteiger partial charge in [0.2, 0.25) is 0 Å². The van der Waals surface area contributed by atoms with Crippen molar-refractivity contribution in [3.05, 3.63) is 63.7 Å². The zero-order valence-electron chi connectivity index (χ0n) is 9.15. The maximum Gasteiger partial charge on any atom is 2.00 e. The zero-order chi connectivity index (χ0) is 11.6.